The van der Waals surface area contributed by atoms with Crippen molar-refractivity contribution in [3.63, 3.8) is 0 Å². The average molecular weight is 314 g/mol. The Bertz CT molecular complexity index is 679. The molecule has 0 amide bonds. The molecule has 0 aliphatic carbocycles. The van der Waals surface area contributed by atoms with Gasteiger partial charge in [-0.2, -0.15) is 0 Å². The third-order valence-electron chi connectivity index (χ3n) is 2.92. The van der Waals surface area contributed by atoms with Gasteiger partial charge in [0.1, 0.15) is 0 Å². The molecule has 2 aromatic carbocycles. The molecule has 0 aromatic heterocycles. The van der Waals surface area contributed by atoms with Crippen molar-refractivity contribution in [3.05, 3.63) is 59.2 Å². The summed E-state index contributed by atoms with van der Waals surface area (Å²) in [7, 11) is 0. The zero-order chi connectivity index (χ0) is 16.1. The zero-order valence-electron chi connectivity index (χ0n) is 12.3. The summed E-state index contributed by atoms with van der Waals surface area (Å²) < 4.78 is 0. The van der Waals surface area contributed by atoms with Gasteiger partial charge in [0.25, 0.3) is 0 Å². The average Bonchev–Trinajstić information content (AvgIpc) is 2.44. The predicted octanol–water partition coefficient (Wildman–Crippen LogP) is 1.98. The molecule has 6 heteroatoms. The number of hydrogen-bond acceptors (Lipinski definition) is 4. The number of anilines is 2. The van der Waals surface area contributed by atoms with Crippen LogP contribution in [0, 0.1) is 13.8 Å². The first kappa shape index (κ1) is 15.8. The summed E-state index contributed by atoms with van der Waals surface area (Å²) in [5, 5.41) is 14.1. The van der Waals surface area contributed by atoms with Gasteiger partial charge in [-0.15, -0.1) is 0 Å². The molecule has 3 N–H and O–H groups in total. The fraction of sp³-hybridized carbons (Fsp3) is 0.125. The highest BCUT2D eigenvalue weighted by atomic mass is 32.1. The number of aromatic carboxylic acids is 1. The van der Waals surface area contributed by atoms with Gasteiger partial charge in [-0.05, 0) is 67.0 Å². The molecule has 0 fully saturated rings. The number of carbonyl (C=O) groups is 1. The topological polar surface area (TPSA) is 76.2 Å². The van der Waals surface area contributed by atoms with Gasteiger partial charge in [-0.25, -0.2) is 0 Å². The van der Waals surface area contributed by atoms with Crippen LogP contribution in [0.4, 0.5) is 11.4 Å². The first-order chi connectivity index (χ1) is 10.4. The van der Waals surface area contributed by atoms with E-state index in [1.807, 2.05) is 26.0 Å². The monoisotopic (exact) mass is 314 g/mol. The quantitative estimate of drug-likeness (QED) is 0.592. The highest BCUT2D eigenvalue weighted by molar-refractivity contribution is 7.80. The van der Waals surface area contributed by atoms with Crippen molar-refractivity contribution in [2.45, 2.75) is 13.8 Å². The second-order valence-electron chi connectivity index (χ2n) is 4.95. The second kappa shape index (κ2) is 6.91. The molecule has 0 atom stereocenters. The van der Waals surface area contributed by atoms with E-state index >= 15 is 0 Å². The van der Waals surface area contributed by atoms with E-state index in [-0.39, 0.29) is 5.56 Å². The van der Waals surface area contributed by atoms with Crippen molar-refractivity contribution in [2.75, 3.05) is 10.7 Å². The summed E-state index contributed by atoms with van der Waals surface area (Å²) in [6.07, 6.45) is 0. The Balaban J connectivity index is 1.91. The zero-order valence-corrected chi connectivity index (χ0v) is 13.1. The molecule has 0 spiro atoms. The lowest BCUT2D eigenvalue weighted by Crippen LogP contribution is -2.33. The van der Waals surface area contributed by atoms with Gasteiger partial charge in [-0.3, -0.25) is 10.9 Å². The molecule has 0 aliphatic heterocycles. The summed E-state index contributed by atoms with van der Waals surface area (Å²) in [6, 6.07) is 12.2. The number of carbonyl (C=O) groups excluding carboxylic acids is 1. The van der Waals surface area contributed by atoms with Crippen LogP contribution in [0.1, 0.15) is 21.5 Å². The SMILES string of the molecule is Cc1cc(C)cc(NC(=S)NNc2ccc(C(=O)[O-])cc2)c1. The lowest BCUT2D eigenvalue weighted by molar-refractivity contribution is -0.255. The number of hydrazine groups is 1. The van der Waals surface area contributed by atoms with Gasteiger partial charge < -0.3 is 15.2 Å². The number of thiocarbonyl (C=S) groups is 1. The summed E-state index contributed by atoms with van der Waals surface area (Å²) in [4.78, 5) is 10.7. The Morgan fingerprint density at radius 1 is 1.00 bits per heavy atom. The summed E-state index contributed by atoms with van der Waals surface area (Å²) >= 11 is 5.20. The molecule has 22 heavy (non-hydrogen) atoms. The van der Waals surface area contributed by atoms with Crippen molar-refractivity contribution in [2.24, 2.45) is 0 Å². The fourth-order valence-corrected chi connectivity index (χ4v) is 2.20. The molecule has 0 heterocycles. The number of rotatable bonds is 4. The van der Waals surface area contributed by atoms with Crippen LogP contribution < -0.4 is 21.3 Å². The van der Waals surface area contributed by atoms with E-state index in [4.69, 9.17) is 12.2 Å². The fourth-order valence-electron chi connectivity index (χ4n) is 2.03. The molecule has 5 nitrogen and oxygen atoms in total. The van der Waals surface area contributed by atoms with Gasteiger partial charge in [0.15, 0.2) is 5.11 Å². The van der Waals surface area contributed by atoms with Crippen LogP contribution in [0.2, 0.25) is 0 Å². The Labute approximate surface area is 134 Å². The number of carboxylic acid groups (broad SMARTS) is 1. The summed E-state index contributed by atoms with van der Waals surface area (Å²) in [5.41, 5.74) is 9.76. The van der Waals surface area contributed by atoms with Crippen LogP contribution in [0.3, 0.4) is 0 Å². The Kier molecular flexibility index (Phi) is 4.95. The predicted molar refractivity (Wildman–Crippen MR) is 89.7 cm³/mol. The van der Waals surface area contributed by atoms with E-state index in [1.165, 1.54) is 12.1 Å². The number of benzene rings is 2. The van der Waals surface area contributed by atoms with E-state index in [0.717, 1.165) is 16.8 Å². The molecule has 0 saturated carbocycles. The molecule has 2 aromatic rings. The van der Waals surface area contributed by atoms with E-state index in [9.17, 15) is 9.90 Å². The van der Waals surface area contributed by atoms with Crippen molar-refractivity contribution in [1.82, 2.24) is 5.43 Å². The van der Waals surface area contributed by atoms with Gasteiger partial charge in [0.2, 0.25) is 0 Å². The van der Waals surface area contributed by atoms with Crippen molar-refractivity contribution in [3.8, 4) is 0 Å². The Morgan fingerprint density at radius 2 is 1.59 bits per heavy atom. The second-order valence-corrected chi connectivity index (χ2v) is 5.35. The lowest BCUT2D eigenvalue weighted by atomic mass is 10.1. The molecule has 114 valence electrons. The number of hydrogen-bond donors (Lipinski definition) is 3. The lowest BCUT2D eigenvalue weighted by Gasteiger charge is -2.14. The maximum atomic E-state index is 10.7. The Morgan fingerprint density at radius 3 is 2.14 bits per heavy atom. The van der Waals surface area contributed by atoms with E-state index in [0.29, 0.717) is 10.8 Å². The van der Waals surface area contributed by atoms with E-state index < -0.39 is 5.97 Å². The number of nitrogens with one attached hydrogen (secondary N) is 3. The molecule has 0 unspecified atom stereocenters. The first-order valence-electron chi connectivity index (χ1n) is 6.67. The van der Waals surface area contributed by atoms with Crippen LogP contribution in [-0.2, 0) is 0 Å². The Hall–Kier alpha value is -2.60. The molecular formula is C16H16N3O2S-. The molecule has 0 aliphatic rings. The van der Waals surface area contributed by atoms with Crippen molar-refractivity contribution < 1.29 is 9.90 Å². The maximum absolute atomic E-state index is 10.7. The molecule has 2 rings (SSSR count). The number of carboxylic acids is 1. The number of aryl methyl sites for hydroxylation is 2. The maximum Gasteiger partial charge on any atom is 0.189 e. The van der Waals surface area contributed by atoms with Gasteiger partial charge in [0.05, 0.1) is 11.7 Å². The minimum absolute atomic E-state index is 0.126. The summed E-state index contributed by atoms with van der Waals surface area (Å²) in [5.74, 6) is -1.20. The molecule has 0 saturated heterocycles. The van der Waals surface area contributed by atoms with Crippen LogP contribution >= 0.6 is 12.2 Å². The van der Waals surface area contributed by atoms with Gasteiger partial charge in [-0.1, -0.05) is 18.2 Å². The smallest absolute Gasteiger partial charge is 0.189 e. The summed E-state index contributed by atoms with van der Waals surface area (Å²) in [6.45, 7) is 4.04. The van der Waals surface area contributed by atoms with E-state index in [1.54, 1.807) is 12.1 Å². The molecule has 0 bridgehead atoms. The third kappa shape index (κ3) is 4.46. The van der Waals surface area contributed by atoms with Gasteiger partial charge in [0, 0.05) is 5.69 Å². The van der Waals surface area contributed by atoms with Crippen molar-refractivity contribution in [1.29, 1.82) is 0 Å². The third-order valence-corrected chi connectivity index (χ3v) is 3.12. The largest absolute Gasteiger partial charge is 0.545 e. The standard InChI is InChI=1S/C16H17N3O2S/c1-10-7-11(2)9-14(8-10)17-16(22)19-18-13-5-3-12(4-6-13)15(20)21/h3-9,18H,1-2H3,(H,20,21)(H2,17,19,22)/p-1. The highest BCUT2D eigenvalue weighted by Crippen LogP contribution is 2.13. The van der Waals surface area contributed by atoms with Crippen LogP contribution in [0.15, 0.2) is 42.5 Å². The minimum Gasteiger partial charge on any atom is -0.545 e. The van der Waals surface area contributed by atoms with Crippen LogP contribution in [0.5, 0.6) is 0 Å². The van der Waals surface area contributed by atoms with E-state index in [2.05, 4.69) is 22.2 Å². The normalized spacial score (nSPS) is 9.91. The minimum atomic E-state index is -1.20. The first-order valence-corrected chi connectivity index (χ1v) is 7.07. The molecule has 0 radical (unpaired) electrons. The van der Waals surface area contributed by atoms with Crippen molar-refractivity contribution >= 4 is 34.7 Å². The van der Waals surface area contributed by atoms with Crippen LogP contribution in [0.25, 0.3) is 0 Å². The van der Waals surface area contributed by atoms with Gasteiger partial charge >= 0.3 is 0 Å². The highest BCUT2D eigenvalue weighted by Gasteiger charge is 2.00. The molecular weight excluding hydrogens is 298 g/mol. The van der Waals surface area contributed by atoms with Crippen LogP contribution in [-0.4, -0.2) is 11.1 Å².